The molecule has 0 saturated heterocycles. The summed E-state index contributed by atoms with van der Waals surface area (Å²) in [5.41, 5.74) is 3.84. The molecule has 6 heteroatoms. The van der Waals surface area contributed by atoms with Crippen LogP contribution in [-0.4, -0.2) is 27.8 Å². The lowest BCUT2D eigenvalue weighted by atomic mass is 10.1. The van der Waals surface area contributed by atoms with Gasteiger partial charge in [0.25, 0.3) is 0 Å². The molecule has 2 heterocycles. The van der Waals surface area contributed by atoms with Gasteiger partial charge in [0, 0.05) is 37.1 Å². The van der Waals surface area contributed by atoms with Gasteiger partial charge in [-0.1, -0.05) is 6.07 Å². The number of nitrogens with zero attached hydrogens (tertiary/aromatic N) is 3. The second-order valence-electron chi connectivity index (χ2n) is 4.94. The standard InChI is InChI=1S/C15H20N4O2/c1-10-13(11(2)19(3)18-10)7-14(20)16-8-12-5-6-15(21-4)17-9-12/h5-6,9H,7-8H2,1-4H3,(H,16,20). The van der Waals surface area contributed by atoms with Crippen molar-refractivity contribution < 1.29 is 9.53 Å². The monoisotopic (exact) mass is 288 g/mol. The fourth-order valence-corrected chi connectivity index (χ4v) is 2.13. The Morgan fingerprint density at radius 3 is 2.67 bits per heavy atom. The minimum Gasteiger partial charge on any atom is -0.481 e. The van der Waals surface area contributed by atoms with E-state index in [-0.39, 0.29) is 5.91 Å². The largest absolute Gasteiger partial charge is 0.481 e. The Hall–Kier alpha value is -2.37. The number of rotatable bonds is 5. The number of carbonyl (C=O) groups excluding carboxylic acids is 1. The minimum absolute atomic E-state index is 0.0231. The van der Waals surface area contributed by atoms with Crippen LogP contribution >= 0.6 is 0 Å². The van der Waals surface area contributed by atoms with E-state index in [0.717, 1.165) is 22.5 Å². The molecule has 112 valence electrons. The lowest BCUT2D eigenvalue weighted by Gasteiger charge is -2.06. The van der Waals surface area contributed by atoms with Crippen molar-refractivity contribution in [3.63, 3.8) is 0 Å². The number of methoxy groups -OCH3 is 1. The summed E-state index contributed by atoms with van der Waals surface area (Å²) >= 11 is 0. The molecule has 0 aliphatic heterocycles. The fraction of sp³-hybridized carbons (Fsp3) is 0.400. The predicted octanol–water partition coefficient (Wildman–Crippen LogP) is 1.30. The summed E-state index contributed by atoms with van der Waals surface area (Å²) in [6, 6.07) is 3.66. The quantitative estimate of drug-likeness (QED) is 0.900. The van der Waals surface area contributed by atoms with Crippen LogP contribution in [-0.2, 0) is 24.8 Å². The van der Waals surface area contributed by atoms with Crippen LogP contribution in [0.3, 0.4) is 0 Å². The molecule has 1 N–H and O–H groups in total. The maximum absolute atomic E-state index is 12.0. The topological polar surface area (TPSA) is 69.0 Å². The molecule has 0 unspecified atom stereocenters. The first kappa shape index (κ1) is 15.0. The maximum Gasteiger partial charge on any atom is 0.224 e. The first-order valence-corrected chi connectivity index (χ1v) is 6.76. The molecular formula is C15H20N4O2. The number of pyridine rings is 1. The summed E-state index contributed by atoms with van der Waals surface area (Å²) in [5, 5.41) is 7.21. The molecular weight excluding hydrogens is 268 g/mol. The van der Waals surface area contributed by atoms with Crippen molar-refractivity contribution in [3.8, 4) is 5.88 Å². The Morgan fingerprint density at radius 1 is 1.38 bits per heavy atom. The average molecular weight is 288 g/mol. The van der Waals surface area contributed by atoms with Crippen LogP contribution in [0.4, 0.5) is 0 Å². The van der Waals surface area contributed by atoms with Gasteiger partial charge in [-0.3, -0.25) is 9.48 Å². The Balaban J connectivity index is 1.92. The lowest BCUT2D eigenvalue weighted by Crippen LogP contribution is -2.25. The molecule has 21 heavy (non-hydrogen) atoms. The molecule has 2 aromatic heterocycles. The highest BCUT2D eigenvalue weighted by Crippen LogP contribution is 2.12. The SMILES string of the molecule is COc1ccc(CNC(=O)Cc2c(C)nn(C)c2C)cn1. The van der Waals surface area contributed by atoms with Crippen molar-refractivity contribution in [1.29, 1.82) is 0 Å². The number of ether oxygens (including phenoxy) is 1. The van der Waals surface area contributed by atoms with E-state index in [2.05, 4.69) is 15.4 Å². The van der Waals surface area contributed by atoms with E-state index in [9.17, 15) is 4.79 Å². The van der Waals surface area contributed by atoms with Gasteiger partial charge in [-0.2, -0.15) is 5.10 Å². The summed E-state index contributed by atoms with van der Waals surface area (Å²) in [6.07, 6.45) is 2.04. The maximum atomic E-state index is 12.0. The second-order valence-corrected chi connectivity index (χ2v) is 4.94. The molecule has 0 aromatic carbocycles. The third-order valence-corrected chi connectivity index (χ3v) is 3.49. The summed E-state index contributed by atoms with van der Waals surface area (Å²) in [5.74, 6) is 0.539. The molecule has 1 amide bonds. The highest BCUT2D eigenvalue weighted by atomic mass is 16.5. The molecule has 6 nitrogen and oxygen atoms in total. The highest BCUT2D eigenvalue weighted by Gasteiger charge is 2.13. The van der Waals surface area contributed by atoms with Gasteiger partial charge in [0.1, 0.15) is 0 Å². The van der Waals surface area contributed by atoms with Gasteiger partial charge in [-0.05, 0) is 19.4 Å². The van der Waals surface area contributed by atoms with Gasteiger partial charge in [0.05, 0.1) is 19.2 Å². The van der Waals surface area contributed by atoms with Gasteiger partial charge in [0.2, 0.25) is 11.8 Å². The zero-order chi connectivity index (χ0) is 15.4. The number of amides is 1. The number of aromatic nitrogens is 3. The van der Waals surface area contributed by atoms with Crippen LogP contribution in [0.1, 0.15) is 22.5 Å². The molecule has 0 aliphatic carbocycles. The van der Waals surface area contributed by atoms with Gasteiger partial charge < -0.3 is 10.1 Å². The van der Waals surface area contributed by atoms with Crippen molar-refractivity contribution in [3.05, 3.63) is 40.8 Å². The van der Waals surface area contributed by atoms with E-state index in [1.54, 1.807) is 24.1 Å². The van der Waals surface area contributed by atoms with Crippen LogP contribution < -0.4 is 10.1 Å². The highest BCUT2D eigenvalue weighted by molar-refractivity contribution is 5.79. The molecule has 2 rings (SSSR count). The molecule has 0 saturated carbocycles. The summed E-state index contributed by atoms with van der Waals surface area (Å²) in [4.78, 5) is 16.1. The molecule has 2 aromatic rings. The number of aryl methyl sites for hydroxylation is 2. The van der Waals surface area contributed by atoms with E-state index in [1.165, 1.54) is 0 Å². The zero-order valence-corrected chi connectivity index (χ0v) is 12.8. The van der Waals surface area contributed by atoms with Crippen molar-refractivity contribution >= 4 is 5.91 Å². The summed E-state index contributed by atoms with van der Waals surface area (Å²) in [7, 11) is 3.45. The van der Waals surface area contributed by atoms with Crippen LogP contribution in [0, 0.1) is 13.8 Å². The van der Waals surface area contributed by atoms with E-state index in [4.69, 9.17) is 4.74 Å². The van der Waals surface area contributed by atoms with Crippen LogP contribution in [0.15, 0.2) is 18.3 Å². The van der Waals surface area contributed by atoms with Gasteiger partial charge in [0.15, 0.2) is 0 Å². The zero-order valence-electron chi connectivity index (χ0n) is 12.8. The number of nitrogens with one attached hydrogen (secondary N) is 1. The first-order valence-electron chi connectivity index (χ1n) is 6.76. The molecule has 0 spiro atoms. The minimum atomic E-state index is -0.0231. The number of carbonyl (C=O) groups is 1. The van der Waals surface area contributed by atoms with Crippen LogP contribution in [0.2, 0.25) is 0 Å². The van der Waals surface area contributed by atoms with Crippen molar-refractivity contribution in [2.24, 2.45) is 7.05 Å². The normalized spacial score (nSPS) is 10.5. The van der Waals surface area contributed by atoms with E-state index in [0.29, 0.717) is 18.8 Å². The Morgan fingerprint density at radius 2 is 2.14 bits per heavy atom. The van der Waals surface area contributed by atoms with Crippen molar-refractivity contribution in [2.75, 3.05) is 7.11 Å². The van der Waals surface area contributed by atoms with Gasteiger partial charge in [-0.25, -0.2) is 4.98 Å². The van der Waals surface area contributed by atoms with E-state index < -0.39 is 0 Å². The van der Waals surface area contributed by atoms with Gasteiger partial charge >= 0.3 is 0 Å². The molecule has 0 atom stereocenters. The second kappa shape index (κ2) is 6.39. The number of hydrogen-bond acceptors (Lipinski definition) is 4. The van der Waals surface area contributed by atoms with Crippen LogP contribution in [0.25, 0.3) is 0 Å². The Kier molecular flexibility index (Phi) is 4.57. The molecule has 0 bridgehead atoms. The molecule has 0 radical (unpaired) electrons. The fourth-order valence-electron chi connectivity index (χ4n) is 2.13. The third-order valence-electron chi connectivity index (χ3n) is 3.49. The van der Waals surface area contributed by atoms with Crippen molar-refractivity contribution in [2.45, 2.75) is 26.8 Å². The molecule has 0 aliphatic rings. The lowest BCUT2D eigenvalue weighted by molar-refractivity contribution is -0.120. The predicted molar refractivity (Wildman–Crippen MR) is 79.0 cm³/mol. The van der Waals surface area contributed by atoms with Gasteiger partial charge in [-0.15, -0.1) is 0 Å². The summed E-state index contributed by atoms with van der Waals surface area (Å²) in [6.45, 7) is 4.34. The van der Waals surface area contributed by atoms with E-state index in [1.807, 2.05) is 27.0 Å². The molecule has 0 fully saturated rings. The third kappa shape index (κ3) is 3.59. The smallest absolute Gasteiger partial charge is 0.224 e. The van der Waals surface area contributed by atoms with Crippen molar-refractivity contribution in [1.82, 2.24) is 20.1 Å². The van der Waals surface area contributed by atoms with E-state index >= 15 is 0 Å². The summed E-state index contributed by atoms with van der Waals surface area (Å²) < 4.78 is 6.79. The Labute approximate surface area is 124 Å². The number of hydrogen-bond donors (Lipinski definition) is 1. The first-order chi connectivity index (χ1) is 10.0. The average Bonchev–Trinajstić information content (AvgIpc) is 2.72. The Bertz CT molecular complexity index is 632. The van der Waals surface area contributed by atoms with Crippen LogP contribution in [0.5, 0.6) is 5.88 Å².